The molecule has 1 aromatic heterocycles. The van der Waals surface area contributed by atoms with Crippen molar-refractivity contribution >= 4 is 17.7 Å². The van der Waals surface area contributed by atoms with E-state index in [1.807, 2.05) is 30.3 Å². The molecule has 0 saturated heterocycles. The molecule has 204 valence electrons. The highest BCUT2D eigenvalue weighted by atomic mass is 16.2. The van der Waals surface area contributed by atoms with Crippen molar-refractivity contribution in [2.45, 2.75) is 116 Å². The Labute approximate surface area is 221 Å². The van der Waals surface area contributed by atoms with Gasteiger partial charge in [-0.25, -0.2) is 4.98 Å². The molecule has 0 unspecified atom stereocenters. The maximum atomic E-state index is 13.2. The number of carbonyl (C=O) groups excluding carboxylic acids is 3. The van der Waals surface area contributed by atoms with Crippen LogP contribution >= 0.6 is 0 Å². The van der Waals surface area contributed by atoms with Crippen LogP contribution in [0.25, 0.3) is 0 Å². The third-order valence-corrected chi connectivity index (χ3v) is 6.45. The third-order valence-electron chi connectivity index (χ3n) is 6.45. The Kier molecular flexibility index (Phi) is 14.2. The summed E-state index contributed by atoms with van der Waals surface area (Å²) in [4.78, 5) is 42.4. The second kappa shape index (κ2) is 17.4. The summed E-state index contributed by atoms with van der Waals surface area (Å²) in [6.45, 7) is 4.31. The van der Waals surface area contributed by atoms with Crippen molar-refractivity contribution in [2.75, 3.05) is 0 Å². The molecule has 0 bridgehead atoms. The molecule has 8 heteroatoms. The predicted octanol–water partition coefficient (Wildman–Crippen LogP) is 5.46. The first-order valence-electron chi connectivity index (χ1n) is 14.0. The summed E-state index contributed by atoms with van der Waals surface area (Å²) in [5.41, 5.74) is 6.67. The summed E-state index contributed by atoms with van der Waals surface area (Å²) < 4.78 is 1.30. The molecular formula is C29H45N5O3. The smallest absolute Gasteiger partial charge is 0.248 e. The van der Waals surface area contributed by atoms with Gasteiger partial charge in [-0.15, -0.1) is 5.10 Å². The van der Waals surface area contributed by atoms with Crippen LogP contribution < -0.4 is 11.1 Å². The van der Waals surface area contributed by atoms with Crippen molar-refractivity contribution in [2.24, 2.45) is 5.73 Å². The van der Waals surface area contributed by atoms with E-state index in [1.165, 1.54) is 4.68 Å². The van der Waals surface area contributed by atoms with Crippen LogP contribution in [0.15, 0.2) is 30.3 Å². The van der Waals surface area contributed by atoms with Crippen LogP contribution in [0.5, 0.6) is 0 Å². The Morgan fingerprint density at radius 2 is 1.49 bits per heavy atom. The van der Waals surface area contributed by atoms with Gasteiger partial charge < -0.3 is 11.1 Å². The zero-order valence-electron chi connectivity index (χ0n) is 22.7. The van der Waals surface area contributed by atoms with Gasteiger partial charge in [-0.2, -0.15) is 4.68 Å². The van der Waals surface area contributed by atoms with Gasteiger partial charge in [0, 0.05) is 19.3 Å². The lowest BCUT2D eigenvalue weighted by atomic mass is 10.1. The molecule has 1 atom stereocenters. The first kappa shape index (κ1) is 30.2. The number of nitrogens with zero attached hydrogens (tertiary/aromatic N) is 3. The Hall–Kier alpha value is -3.03. The fourth-order valence-electron chi connectivity index (χ4n) is 4.33. The average Bonchev–Trinajstić information content (AvgIpc) is 3.31. The number of carbonyl (C=O) groups is 3. The number of nitrogens with one attached hydrogen (secondary N) is 1. The second-order valence-corrected chi connectivity index (χ2v) is 9.80. The normalized spacial score (nSPS) is 11.8. The SMILES string of the molecule is CCCCCCCC(=O)N[C@H](CC(N)=O)c1nc(CCc2ccccc2)nn1C(=O)CCCCCCC. The van der Waals surface area contributed by atoms with Gasteiger partial charge >= 0.3 is 0 Å². The van der Waals surface area contributed by atoms with E-state index < -0.39 is 11.9 Å². The van der Waals surface area contributed by atoms with Crippen LogP contribution in [0, 0.1) is 0 Å². The van der Waals surface area contributed by atoms with Crippen molar-refractivity contribution in [3.05, 3.63) is 47.5 Å². The maximum Gasteiger partial charge on any atom is 0.248 e. The lowest BCUT2D eigenvalue weighted by Crippen LogP contribution is -2.34. The highest BCUT2D eigenvalue weighted by Crippen LogP contribution is 2.19. The predicted molar refractivity (Wildman–Crippen MR) is 146 cm³/mol. The van der Waals surface area contributed by atoms with Gasteiger partial charge in [-0.05, 0) is 24.8 Å². The molecule has 0 aliphatic carbocycles. The second-order valence-electron chi connectivity index (χ2n) is 9.80. The minimum Gasteiger partial charge on any atom is -0.370 e. The summed E-state index contributed by atoms with van der Waals surface area (Å²) >= 11 is 0. The van der Waals surface area contributed by atoms with Gasteiger partial charge in [0.2, 0.25) is 17.7 Å². The highest BCUT2D eigenvalue weighted by Gasteiger charge is 2.26. The maximum absolute atomic E-state index is 13.2. The monoisotopic (exact) mass is 511 g/mol. The van der Waals surface area contributed by atoms with Crippen molar-refractivity contribution in [3.8, 4) is 0 Å². The number of nitrogens with two attached hydrogens (primary N) is 1. The molecule has 2 rings (SSSR count). The number of unbranched alkanes of at least 4 members (excludes halogenated alkanes) is 8. The molecule has 1 aromatic carbocycles. The van der Waals surface area contributed by atoms with Gasteiger partial charge in [0.1, 0.15) is 0 Å². The number of aromatic nitrogens is 3. The molecule has 0 aliphatic heterocycles. The van der Waals surface area contributed by atoms with E-state index in [-0.39, 0.29) is 18.2 Å². The van der Waals surface area contributed by atoms with E-state index in [0.29, 0.717) is 30.9 Å². The minimum atomic E-state index is -0.789. The standard InChI is InChI=1S/C29H45N5O3/c1-3-5-7-9-14-18-27(36)31-24(22-25(30)35)29-32-26(21-20-23-16-12-11-13-17-23)33-34(29)28(37)19-15-10-8-6-4-2/h11-13,16-17,24H,3-10,14-15,18-22H2,1-2H3,(H2,30,35)(H,31,36)/t24-/m1/s1. The third kappa shape index (κ3) is 11.7. The molecule has 0 aliphatic rings. The first-order valence-corrected chi connectivity index (χ1v) is 14.0. The van der Waals surface area contributed by atoms with Crippen LogP contribution in [0.1, 0.15) is 125 Å². The Morgan fingerprint density at radius 3 is 2.11 bits per heavy atom. The van der Waals surface area contributed by atoms with Crippen LogP contribution in [0.3, 0.4) is 0 Å². The quantitative estimate of drug-likeness (QED) is 0.243. The molecule has 1 heterocycles. The largest absolute Gasteiger partial charge is 0.370 e. The Balaban J connectivity index is 2.17. The summed E-state index contributed by atoms with van der Waals surface area (Å²) in [5, 5.41) is 7.43. The Bertz CT molecular complexity index is 958. The number of hydrogen-bond donors (Lipinski definition) is 2. The molecule has 8 nitrogen and oxygen atoms in total. The zero-order valence-corrected chi connectivity index (χ0v) is 22.7. The molecule has 0 spiro atoms. The molecule has 2 amide bonds. The van der Waals surface area contributed by atoms with Crippen LogP contribution in [0.2, 0.25) is 0 Å². The van der Waals surface area contributed by atoms with Crippen LogP contribution in [-0.2, 0) is 22.4 Å². The summed E-state index contributed by atoms with van der Waals surface area (Å²) in [6, 6.07) is 9.22. The molecule has 0 fully saturated rings. The van der Waals surface area contributed by atoms with Crippen LogP contribution in [-0.4, -0.2) is 32.5 Å². The van der Waals surface area contributed by atoms with E-state index in [4.69, 9.17) is 5.73 Å². The number of primary amides is 1. The molecule has 2 aromatic rings. The highest BCUT2D eigenvalue weighted by molar-refractivity contribution is 5.81. The van der Waals surface area contributed by atoms with Crippen molar-refractivity contribution in [1.29, 1.82) is 0 Å². The lowest BCUT2D eigenvalue weighted by Gasteiger charge is -2.17. The van der Waals surface area contributed by atoms with Gasteiger partial charge in [0.15, 0.2) is 11.6 Å². The molecule has 37 heavy (non-hydrogen) atoms. The molecule has 3 N–H and O–H groups in total. The van der Waals surface area contributed by atoms with E-state index in [0.717, 1.165) is 76.2 Å². The fraction of sp³-hybridized carbons (Fsp3) is 0.621. The number of rotatable bonds is 19. The molecular weight excluding hydrogens is 466 g/mol. The number of benzene rings is 1. The zero-order chi connectivity index (χ0) is 26.9. The number of hydrogen-bond acceptors (Lipinski definition) is 5. The number of aryl methyl sites for hydroxylation is 2. The van der Waals surface area contributed by atoms with Crippen LogP contribution in [0.4, 0.5) is 0 Å². The van der Waals surface area contributed by atoms with Crippen molar-refractivity contribution < 1.29 is 14.4 Å². The van der Waals surface area contributed by atoms with E-state index in [9.17, 15) is 14.4 Å². The lowest BCUT2D eigenvalue weighted by molar-refractivity contribution is -0.122. The first-order chi connectivity index (χ1) is 17.9. The number of amides is 2. The van der Waals surface area contributed by atoms with E-state index in [2.05, 4.69) is 29.2 Å². The minimum absolute atomic E-state index is 0.137. The Morgan fingerprint density at radius 1 is 0.865 bits per heavy atom. The van der Waals surface area contributed by atoms with Gasteiger partial charge in [-0.1, -0.05) is 95.5 Å². The topological polar surface area (TPSA) is 120 Å². The van der Waals surface area contributed by atoms with Gasteiger partial charge in [-0.3, -0.25) is 14.4 Å². The van der Waals surface area contributed by atoms with E-state index in [1.54, 1.807) is 0 Å². The molecule has 0 radical (unpaired) electrons. The van der Waals surface area contributed by atoms with Crippen molar-refractivity contribution in [3.63, 3.8) is 0 Å². The van der Waals surface area contributed by atoms with Gasteiger partial charge in [0.05, 0.1) is 12.5 Å². The summed E-state index contributed by atoms with van der Waals surface area (Å²) in [7, 11) is 0. The fourth-order valence-corrected chi connectivity index (χ4v) is 4.33. The summed E-state index contributed by atoms with van der Waals surface area (Å²) in [6.07, 6.45) is 12.1. The van der Waals surface area contributed by atoms with E-state index >= 15 is 0 Å². The average molecular weight is 512 g/mol. The summed E-state index contributed by atoms with van der Waals surface area (Å²) in [5.74, 6) is -0.106. The van der Waals surface area contributed by atoms with Gasteiger partial charge in [0.25, 0.3) is 0 Å². The molecule has 0 saturated carbocycles. The van der Waals surface area contributed by atoms with Crippen molar-refractivity contribution in [1.82, 2.24) is 20.1 Å².